The highest BCUT2D eigenvalue weighted by Crippen LogP contribution is 2.43. The van der Waals surface area contributed by atoms with Crippen LogP contribution < -0.4 is 16.0 Å². The number of carbonyl (C=O) groups is 3. The maximum absolute atomic E-state index is 13.3. The summed E-state index contributed by atoms with van der Waals surface area (Å²) in [5, 5.41) is 9.13. The van der Waals surface area contributed by atoms with Gasteiger partial charge in [0.2, 0.25) is 11.8 Å². The zero-order chi connectivity index (χ0) is 21.4. The second-order valence-corrected chi connectivity index (χ2v) is 10.4. The van der Waals surface area contributed by atoms with Crippen LogP contribution in [0.25, 0.3) is 0 Å². The number of fused-ring (bicyclic) bond motifs is 1. The number of nitrogens with zero attached hydrogens (tertiary/aromatic N) is 1. The smallest absolute Gasteiger partial charge is 0.321 e. The van der Waals surface area contributed by atoms with Crippen LogP contribution in [-0.4, -0.2) is 54.5 Å². The number of imide groups is 1. The van der Waals surface area contributed by atoms with E-state index in [1.807, 2.05) is 11.9 Å². The normalized spacial score (nSPS) is 39.6. The van der Waals surface area contributed by atoms with Crippen molar-refractivity contribution in [2.24, 2.45) is 29.6 Å². The highest BCUT2D eigenvalue weighted by molar-refractivity contribution is 5.95. The molecule has 0 radical (unpaired) electrons. The summed E-state index contributed by atoms with van der Waals surface area (Å²) in [5.41, 5.74) is 0. The van der Waals surface area contributed by atoms with E-state index < -0.39 is 0 Å². The summed E-state index contributed by atoms with van der Waals surface area (Å²) in [6.07, 6.45) is 7.54. The molecule has 4 fully saturated rings. The van der Waals surface area contributed by atoms with E-state index >= 15 is 0 Å². The number of nitrogens with one attached hydrogen (secondary N) is 3. The number of hydrogen-bond acceptors (Lipinski definition) is 4. The number of amides is 4. The Hall–Kier alpha value is -1.63. The van der Waals surface area contributed by atoms with Crippen molar-refractivity contribution in [3.05, 3.63) is 0 Å². The van der Waals surface area contributed by atoms with Crippen LogP contribution in [0, 0.1) is 29.6 Å². The van der Waals surface area contributed by atoms with Gasteiger partial charge in [0, 0.05) is 43.6 Å². The number of likely N-dealkylation sites (tertiary alicyclic amines) is 1. The summed E-state index contributed by atoms with van der Waals surface area (Å²) in [5.74, 6) is 1.44. The van der Waals surface area contributed by atoms with Crippen LogP contribution in [0.4, 0.5) is 4.79 Å². The lowest BCUT2D eigenvalue weighted by molar-refractivity contribution is -0.148. The van der Waals surface area contributed by atoms with Gasteiger partial charge in [-0.1, -0.05) is 13.3 Å². The molecule has 0 bridgehead atoms. The van der Waals surface area contributed by atoms with Crippen molar-refractivity contribution >= 4 is 17.8 Å². The Kier molecular flexibility index (Phi) is 6.37. The predicted molar refractivity (Wildman–Crippen MR) is 115 cm³/mol. The first kappa shape index (κ1) is 21.6. The predicted octanol–water partition coefficient (Wildman–Crippen LogP) is 2.26. The van der Waals surface area contributed by atoms with E-state index in [2.05, 4.69) is 29.8 Å². The Balaban J connectivity index is 1.36. The van der Waals surface area contributed by atoms with Crippen molar-refractivity contribution < 1.29 is 14.4 Å². The molecule has 0 spiro atoms. The molecule has 0 aromatic carbocycles. The van der Waals surface area contributed by atoms with Gasteiger partial charge in [-0.25, -0.2) is 4.79 Å². The van der Waals surface area contributed by atoms with Gasteiger partial charge in [0.15, 0.2) is 0 Å². The van der Waals surface area contributed by atoms with Crippen LogP contribution in [0.5, 0.6) is 0 Å². The quantitative estimate of drug-likeness (QED) is 0.656. The molecule has 7 atom stereocenters. The Bertz CT molecular complexity index is 679. The number of hydrogen-bond donors (Lipinski definition) is 3. The molecule has 3 N–H and O–H groups in total. The first-order valence-corrected chi connectivity index (χ1v) is 11.9. The van der Waals surface area contributed by atoms with Gasteiger partial charge in [-0.15, -0.1) is 0 Å². The SMILES string of the molecule is CC1CC2C(CN1)CC(C1CC(NC(=O)NC(=O)C3CCC3)CCC1C)C(=O)N2C. The molecule has 2 heterocycles. The van der Waals surface area contributed by atoms with Gasteiger partial charge < -0.3 is 15.5 Å². The van der Waals surface area contributed by atoms with Crippen LogP contribution in [0.3, 0.4) is 0 Å². The maximum atomic E-state index is 13.3. The molecule has 7 unspecified atom stereocenters. The molecule has 7 heteroatoms. The summed E-state index contributed by atoms with van der Waals surface area (Å²) in [6, 6.07) is 0.464. The molecule has 2 saturated heterocycles. The Morgan fingerprint density at radius 1 is 1.07 bits per heavy atom. The van der Waals surface area contributed by atoms with E-state index in [-0.39, 0.29) is 41.6 Å². The van der Waals surface area contributed by atoms with Crippen LogP contribution in [-0.2, 0) is 9.59 Å². The second-order valence-electron chi connectivity index (χ2n) is 10.4. The summed E-state index contributed by atoms with van der Waals surface area (Å²) >= 11 is 0. The van der Waals surface area contributed by atoms with Gasteiger partial charge in [0.1, 0.15) is 0 Å². The Morgan fingerprint density at radius 2 is 1.83 bits per heavy atom. The molecule has 30 heavy (non-hydrogen) atoms. The lowest BCUT2D eigenvalue weighted by Crippen LogP contribution is -2.60. The maximum Gasteiger partial charge on any atom is 0.321 e. The number of carbonyl (C=O) groups excluding carboxylic acids is 3. The summed E-state index contributed by atoms with van der Waals surface area (Å²) in [6.45, 7) is 5.43. The van der Waals surface area contributed by atoms with Crippen molar-refractivity contribution in [3.8, 4) is 0 Å². The van der Waals surface area contributed by atoms with Crippen LogP contribution in [0.2, 0.25) is 0 Å². The van der Waals surface area contributed by atoms with Gasteiger partial charge in [0.25, 0.3) is 0 Å². The highest BCUT2D eigenvalue weighted by Gasteiger charge is 2.47. The molecular weight excluding hydrogens is 380 g/mol. The van der Waals surface area contributed by atoms with Gasteiger partial charge >= 0.3 is 6.03 Å². The van der Waals surface area contributed by atoms with Crippen molar-refractivity contribution in [2.75, 3.05) is 13.6 Å². The Labute approximate surface area is 180 Å². The van der Waals surface area contributed by atoms with Gasteiger partial charge in [-0.05, 0) is 69.6 Å². The fourth-order valence-electron chi connectivity index (χ4n) is 6.21. The zero-order valence-corrected chi connectivity index (χ0v) is 18.7. The third-order valence-electron chi connectivity index (χ3n) is 8.41. The van der Waals surface area contributed by atoms with Gasteiger partial charge in [0.05, 0.1) is 0 Å². The molecular formula is C23H38N4O3. The van der Waals surface area contributed by atoms with E-state index in [9.17, 15) is 14.4 Å². The molecule has 0 aromatic heterocycles. The largest absolute Gasteiger partial charge is 0.342 e. The van der Waals surface area contributed by atoms with Crippen molar-refractivity contribution in [1.29, 1.82) is 0 Å². The minimum absolute atomic E-state index is 0.00467. The zero-order valence-electron chi connectivity index (χ0n) is 18.7. The summed E-state index contributed by atoms with van der Waals surface area (Å²) in [7, 11) is 1.98. The molecule has 2 aliphatic heterocycles. The molecule has 2 saturated carbocycles. The van der Waals surface area contributed by atoms with Crippen LogP contribution >= 0.6 is 0 Å². The van der Waals surface area contributed by atoms with E-state index in [1.165, 1.54) is 0 Å². The van der Waals surface area contributed by atoms with Crippen LogP contribution in [0.1, 0.15) is 65.2 Å². The van der Waals surface area contributed by atoms with Crippen molar-refractivity contribution in [1.82, 2.24) is 20.9 Å². The molecule has 0 aromatic rings. The monoisotopic (exact) mass is 418 g/mol. The van der Waals surface area contributed by atoms with E-state index in [0.29, 0.717) is 23.9 Å². The van der Waals surface area contributed by atoms with Crippen molar-refractivity contribution in [2.45, 2.75) is 83.3 Å². The van der Waals surface area contributed by atoms with E-state index in [4.69, 9.17) is 0 Å². The molecule has 2 aliphatic carbocycles. The second kappa shape index (κ2) is 8.85. The van der Waals surface area contributed by atoms with Gasteiger partial charge in [-0.3, -0.25) is 14.9 Å². The summed E-state index contributed by atoms with van der Waals surface area (Å²) < 4.78 is 0. The minimum Gasteiger partial charge on any atom is -0.342 e. The summed E-state index contributed by atoms with van der Waals surface area (Å²) in [4.78, 5) is 39.7. The highest BCUT2D eigenvalue weighted by atomic mass is 16.2. The topological polar surface area (TPSA) is 90.5 Å². The minimum atomic E-state index is -0.372. The third kappa shape index (κ3) is 4.36. The Morgan fingerprint density at radius 3 is 2.53 bits per heavy atom. The first-order chi connectivity index (χ1) is 14.3. The fourth-order valence-corrected chi connectivity index (χ4v) is 6.21. The average Bonchev–Trinajstić information content (AvgIpc) is 2.65. The number of rotatable bonds is 3. The van der Waals surface area contributed by atoms with Crippen LogP contribution in [0.15, 0.2) is 0 Å². The third-order valence-corrected chi connectivity index (χ3v) is 8.41. The molecule has 4 aliphatic rings. The molecule has 4 rings (SSSR count). The molecule has 168 valence electrons. The standard InChI is InChI=1S/C23H38N4O3/c1-13-7-8-17(25-23(30)26-21(28)15-5-4-6-15)11-18(13)19-10-16-12-24-14(2)9-20(16)27(3)22(19)29/h13-20,24H,4-12H2,1-3H3,(H2,25,26,28,30). The lowest BCUT2D eigenvalue weighted by atomic mass is 9.65. The van der Waals surface area contributed by atoms with Crippen molar-refractivity contribution in [3.63, 3.8) is 0 Å². The first-order valence-electron chi connectivity index (χ1n) is 11.9. The number of urea groups is 1. The molecule has 4 amide bonds. The average molecular weight is 419 g/mol. The van der Waals surface area contributed by atoms with Gasteiger partial charge in [-0.2, -0.15) is 0 Å². The van der Waals surface area contributed by atoms with E-state index in [0.717, 1.165) is 57.9 Å². The molecule has 7 nitrogen and oxygen atoms in total. The lowest BCUT2D eigenvalue weighted by Gasteiger charge is -2.50. The fraction of sp³-hybridized carbons (Fsp3) is 0.870. The van der Waals surface area contributed by atoms with E-state index in [1.54, 1.807) is 0 Å². The number of piperidine rings is 2.